The Morgan fingerprint density at radius 2 is 1.45 bits per heavy atom. The van der Waals surface area contributed by atoms with Gasteiger partial charge < -0.3 is 10.2 Å². The van der Waals surface area contributed by atoms with Crippen LogP contribution in [0.15, 0.2) is 114 Å². The van der Waals surface area contributed by atoms with Gasteiger partial charge in [-0.1, -0.05) is 90.0 Å². The largest absolute Gasteiger partial charge is 0.355 e. The van der Waals surface area contributed by atoms with E-state index >= 15 is 0 Å². The molecule has 7 nitrogen and oxygen atoms in total. The van der Waals surface area contributed by atoms with Gasteiger partial charge in [-0.3, -0.25) is 13.9 Å². The lowest BCUT2D eigenvalue weighted by molar-refractivity contribution is -0.140. The molecular weight excluding hydrogens is 570 g/mol. The van der Waals surface area contributed by atoms with E-state index < -0.39 is 28.5 Å². The summed E-state index contributed by atoms with van der Waals surface area (Å²) in [7, 11) is -4.17. The van der Waals surface area contributed by atoms with Crippen LogP contribution in [0.3, 0.4) is 0 Å². The second kappa shape index (κ2) is 14.2. The maximum Gasteiger partial charge on any atom is 0.264 e. The summed E-state index contributed by atoms with van der Waals surface area (Å²) in [5.41, 5.74) is 3.05. The Balaban J connectivity index is 1.78. The van der Waals surface area contributed by atoms with Crippen LogP contribution in [-0.4, -0.2) is 44.3 Å². The summed E-state index contributed by atoms with van der Waals surface area (Å²) in [4.78, 5) is 29.3. The van der Waals surface area contributed by atoms with E-state index in [2.05, 4.69) is 5.32 Å². The first kappa shape index (κ1) is 30.8. The normalized spacial score (nSPS) is 11.9. The Kier molecular flexibility index (Phi) is 10.4. The van der Waals surface area contributed by atoms with Gasteiger partial charge in [-0.25, -0.2) is 8.42 Å². The summed E-state index contributed by atoms with van der Waals surface area (Å²) in [5, 5.41) is 3.26. The monoisotopic (exact) mass is 603 g/mol. The van der Waals surface area contributed by atoms with Crippen molar-refractivity contribution in [3.05, 3.63) is 131 Å². The average molecular weight is 604 g/mol. The number of rotatable bonds is 12. The molecule has 4 aromatic rings. The fourth-order valence-electron chi connectivity index (χ4n) is 4.71. The summed E-state index contributed by atoms with van der Waals surface area (Å²) in [6, 6.07) is 30.6. The second-order valence-corrected chi connectivity index (χ2v) is 12.2. The van der Waals surface area contributed by atoms with Crippen molar-refractivity contribution in [3.8, 4) is 0 Å². The maximum atomic E-state index is 14.3. The smallest absolute Gasteiger partial charge is 0.264 e. The van der Waals surface area contributed by atoms with Gasteiger partial charge in [0.2, 0.25) is 11.8 Å². The van der Waals surface area contributed by atoms with Gasteiger partial charge in [-0.2, -0.15) is 0 Å². The van der Waals surface area contributed by atoms with Gasteiger partial charge in [0.25, 0.3) is 10.0 Å². The zero-order valence-electron chi connectivity index (χ0n) is 23.6. The Morgan fingerprint density at radius 1 is 0.833 bits per heavy atom. The van der Waals surface area contributed by atoms with Gasteiger partial charge >= 0.3 is 0 Å². The van der Waals surface area contributed by atoms with E-state index in [0.29, 0.717) is 17.3 Å². The quantitative estimate of drug-likeness (QED) is 0.228. The highest BCUT2D eigenvalue weighted by Crippen LogP contribution is 2.26. The number of halogens is 1. The van der Waals surface area contributed by atoms with E-state index in [1.165, 1.54) is 29.2 Å². The maximum absolute atomic E-state index is 14.3. The Hall–Kier alpha value is -4.14. The minimum absolute atomic E-state index is 0.00153. The number of para-hydroxylation sites is 1. The molecule has 0 radical (unpaired) electrons. The number of amides is 2. The first-order valence-corrected chi connectivity index (χ1v) is 15.5. The summed E-state index contributed by atoms with van der Waals surface area (Å²) in [6.45, 7) is 3.78. The second-order valence-electron chi connectivity index (χ2n) is 9.91. The predicted molar refractivity (Wildman–Crippen MR) is 167 cm³/mol. The predicted octanol–water partition coefficient (Wildman–Crippen LogP) is 5.62. The zero-order valence-corrected chi connectivity index (χ0v) is 25.2. The summed E-state index contributed by atoms with van der Waals surface area (Å²) in [6.07, 6.45) is 0.263. The van der Waals surface area contributed by atoms with Crippen LogP contribution in [0.5, 0.6) is 0 Å². The lowest BCUT2D eigenvalue weighted by atomic mass is 10.0. The van der Waals surface area contributed by atoms with Gasteiger partial charge in [0.05, 0.1) is 10.6 Å². The van der Waals surface area contributed by atoms with Crippen molar-refractivity contribution < 1.29 is 18.0 Å². The molecule has 4 aromatic carbocycles. The summed E-state index contributed by atoms with van der Waals surface area (Å²) >= 11 is 6.02. The molecule has 9 heteroatoms. The average Bonchev–Trinajstić information content (AvgIpc) is 2.99. The number of hydrogen-bond donors (Lipinski definition) is 1. The Morgan fingerprint density at radius 3 is 2.07 bits per heavy atom. The Bertz CT molecular complexity index is 1600. The van der Waals surface area contributed by atoms with Crippen LogP contribution in [0.1, 0.15) is 23.6 Å². The molecule has 0 unspecified atom stereocenters. The van der Waals surface area contributed by atoms with Gasteiger partial charge in [0, 0.05) is 24.5 Å². The minimum atomic E-state index is -4.17. The molecule has 218 valence electrons. The van der Waals surface area contributed by atoms with Gasteiger partial charge in [-0.05, 0) is 61.4 Å². The minimum Gasteiger partial charge on any atom is -0.355 e. The number of aryl methyl sites for hydroxylation is 1. The number of nitrogens with zero attached hydrogens (tertiary/aromatic N) is 2. The zero-order chi connectivity index (χ0) is 30.1. The molecule has 1 atom stereocenters. The lowest BCUT2D eigenvalue weighted by Crippen LogP contribution is -2.53. The van der Waals surface area contributed by atoms with Gasteiger partial charge in [-0.15, -0.1) is 0 Å². The number of carbonyl (C=O) groups is 2. The van der Waals surface area contributed by atoms with E-state index in [-0.39, 0.29) is 23.8 Å². The SMILES string of the molecule is CCNC(=O)[C@H](Cc1ccccc1)N(Cc1cccc(C)c1)C(=O)CN(c1ccccc1)S(=O)(=O)c1ccc(Cl)cc1. The van der Waals surface area contributed by atoms with Crippen molar-refractivity contribution in [2.24, 2.45) is 0 Å². The van der Waals surface area contributed by atoms with Gasteiger partial charge in [0.1, 0.15) is 12.6 Å². The third-order valence-electron chi connectivity index (χ3n) is 6.78. The molecule has 0 aliphatic rings. The standard InChI is InChI=1S/C33H34ClN3O4S/c1-3-35-33(39)31(22-26-12-6-4-7-13-26)36(23-27-14-10-11-25(2)21-27)32(38)24-37(29-15-8-5-9-16-29)42(40,41)30-19-17-28(34)18-20-30/h4-21,31H,3,22-24H2,1-2H3,(H,35,39)/t31-/m0/s1. The molecule has 2 amide bonds. The summed E-state index contributed by atoms with van der Waals surface area (Å²) < 4.78 is 29.0. The molecule has 4 rings (SSSR count). The van der Waals surface area contributed by atoms with Crippen molar-refractivity contribution in [1.82, 2.24) is 10.2 Å². The van der Waals surface area contributed by atoms with Crippen LogP contribution >= 0.6 is 11.6 Å². The molecule has 0 aromatic heterocycles. The molecule has 0 spiro atoms. The number of hydrogen-bond acceptors (Lipinski definition) is 4. The molecule has 1 N–H and O–H groups in total. The van der Waals surface area contributed by atoms with Gasteiger partial charge in [0.15, 0.2) is 0 Å². The molecule has 0 aliphatic heterocycles. The topological polar surface area (TPSA) is 86.8 Å². The third-order valence-corrected chi connectivity index (χ3v) is 8.82. The molecule has 0 saturated carbocycles. The van der Waals surface area contributed by atoms with E-state index in [1.54, 1.807) is 30.3 Å². The van der Waals surface area contributed by atoms with Crippen molar-refractivity contribution in [2.45, 2.75) is 37.8 Å². The Labute approximate surface area is 252 Å². The number of nitrogens with one attached hydrogen (secondary N) is 1. The highest BCUT2D eigenvalue weighted by atomic mass is 35.5. The van der Waals surface area contributed by atoms with Crippen LogP contribution in [-0.2, 0) is 32.6 Å². The van der Waals surface area contributed by atoms with Crippen molar-refractivity contribution in [3.63, 3.8) is 0 Å². The van der Waals surface area contributed by atoms with Crippen LogP contribution < -0.4 is 9.62 Å². The molecule has 0 fully saturated rings. The van der Waals surface area contributed by atoms with Crippen LogP contribution in [0.4, 0.5) is 5.69 Å². The number of carbonyl (C=O) groups excluding carboxylic acids is 2. The third kappa shape index (κ3) is 7.78. The highest BCUT2D eigenvalue weighted by Gasteiger charge is 2.34. The molecule has 42 heavy (non-hydrogen) atoms. The van der Waals surface area contributed by atoms with E-state index in [1.807, 2.05) is 68.4 Å². The highest BCUT2D eigenvalue weighted by molar-refractivity contribution is 7.92. The van der Waals surface area contributed by atoms with E-state index in [9.17, 15) is 18.0 Å². The van der Waals surface area contributed by atoms with Crippen molar-refractivity contribution in [2.75, 3.05) is 17.4 Å². The van der Waals surface area contributed by atoms with Crippen LogP contribution in [0, 0.1) is 6.92 Å². The molecule has 0 heterocycles. The number of likely N-dealkylation sites (N-methyl/N-ethyl adjacent to an activating group) is 1. The number of sulfonamides is 1. The first-order chi connectivity index (χ1) is 20.2. The fourth-order valence-corrected chi connectivity index (χ4v) is 6.25. The molecule has 0 saturated heterocycles. The first-order valence-electron chi connectivity index (χ1n) is 13.7. The molecular formula is C33H34ClN3O4S. The number of benzene rings is 4. The van der Waals surface area contributed by atoms with Crippen molar-refractivity contribution in [1.29, 1.82) is 0 Å². The molecule has 0 bridgehead atoms. The lowest BCUT2D eigenvalue weighted by Gasteiger charge is -2.34. The van der Waals surface area contributed by atoms with E-state index in [4.69, 9.17) is 11.6 Å². The fraction of sp³-hybridized carbons (Fsp3) is 0.212. The van der Waals surface area contributed by atoms with E-state index in [0.717, 1.165) is 21.0 Å². The van der Waals surface area contributed by atoms with Crippen molar-refractivity contribution >= 4 is 39.1 Å². The van der Waals surface area contributed by atoms with Crippen LogP contribution in [0.25, 0.3) is 0 Å². The molecule has 0 aliphatic carbocycles. The number of anilines is 1. The summed E-state index contributed by atoms with van der Waals surface area (Å²) in [5.74, 6) is -0.820. The van der Waals surface area contributed by atoms with Crippen LogP contribution in [0.2, 0.25) is 5.02 Å².